The zero-order valence-electron chi connectivity index (χ0n) is 30.9. The van der Waals surface area contributed by atoms with Crippen molar-refractivity contribution in [2.24, 2.45) is 5.73 Å². The average Bonchev–Trinajstić information content (AvgIpc) is 3.06. The summed E-state index contributed by atoms with van der Waals surface area (Å²) in [6, 6.07) is 0. The molecule has 1 unspecified atom stereocenters. The Labute approximate surface area is 293 Å². The first-order valence-electron chi connectivity index (χ1n) is 19.6. The first kappa shape index (κ1) is 47.0. The third-order valence-corrected chi connectivity index (χ3v) is 9.58. The second-order valence-electron chi connectivity index (χ2n) is 13.3. The average molecular weight is 708 g/mol. The quantitative estimate of drug-likeness (QED) is 0.0246. The lowest BCUT2D eigenvalue weighted by Crippen LogP contribution is -2.37. The van der Waals surface area contributed by atoms with Gasteiger partial charge in [0.25, 0.3) is 0 Å². The van der Waals surface area contributed by atoms with Crippen molar-refractivity contribution in [3.63, 3.8) is 0 Å². The van der Waals surface area contributed by atoms with Gasteiger partial charge < -0.3 is 25.2 Å². The van der Waals surface area contributed by atoms with Crippen LogP contribution in [0.4, 0.5) is 0 Å². The molecule has 0 saturated carbocycles. The number of hydrogen-bond donors (Lipinski definition) is 3. The summed E-state index contributed by atoms with van der Waals surface area (Å²) in [6.45, 7) is 3.68. The molecule has 0 aromatic heterocycles. The van der Waals surface area contributed by atoms with Crippen LogP contribution in [-0.2, 0) is 32.7 Å². The molecule has 0 aliphatic rings. The summed E-state index contributed by atoms with van der Waals surface area (Å²) in [7, 11) is -4.67. The van der Waals surface area contributed by atoms with Crippen molar-refractivity contribution in [3.8, 4) is 0 Å². The highest BCUT2D eigenvalue weighted by atomic mass is 31.2. The Morgan fingerprint density at radius 2 is 0.958 bits per heavy atom. The molecule has 286 valence electrons. The van der Waals surface area contributed by atoms with Crippen LogP contribution in [0.25, 0.3) is 0 Å². The summed E-state index contributed by atoms with van der Waals surface area (Å²) >= 11 is 0. The number of aliphatic hydroxyl groups excluding tert-OH is 1. The number of phosphoric ester groups is 1. The third-order valence-electron chi connectivity index (χ3n) is 8.59. The van der Waals surface area contributed by atoms with Crippen molar-refractivity contribution in [1.29, 1.82) is 0 Å². The normalized spacial score (nSPS) is 14.0. The molecule has 0 aliphatic carbocycles. The Balaban J connectivity index is 4.31. The van der Waals surface area contributed by atoms with E-state index in [9.17, 15) is 24.2 Å². The molecule has 0 fully saturated rings. The maximum absolute atomic E-state index is 12.6. The number of ether oxygens (including phenoxy) is 2. The molecular formula is C37H74NO9P. The summed E-state index contributed by atoms with van der Waals surface area (Å²) in [5, 5.41) is 10.5. The first-order chi connectivity index (χ1) is 23.3. The molecule has 11 heteroatoms. The highest BCUT2D eigenvalue weighted by molar-refractivity contribution is 7.47. The fraction of sp³-hybridized carbons (Fsp3) is 0.946. The molecule has 0 aromatic carbocycles. The molecule has 0 aromatic rings. The van der Waals surface area contributed by atoms with Gasteiger partial charge in [-0.05, 0) is 12.8 Å². The van der Waals surface area contributed by atoms with Crippen molar-refractivity contribution >= 4 is 19.8 Å². The lowest BCUT2D eigenvalue weighted by atomic mass is 10.0. The molecule has 0 bridgehead atoms. The Kier molecular flexibility index (Phi) is 33.7. The van der Waals surface area contributed by atoms with Crippen molar-refractivity contribution in [2.45, 2.75) is 206 Å². The molecule has 0 aliphatic heterocycles. The fourth-order valence-corrected chi connectivity index (χ4v) is 6.43. The smallest absolute Gasteiger partial charge is 0.462 e. The van der Waals surface area contributed by atoms with E-state index in [0.29, 0.717) is 12.8 Å². The van der Waals surface area contributed by atoms with E-state index in [1.165, 1.54) is 116 Å². The SMILES string of the molecule is CCCCCCCCCCCCCCCCCC(=O)O[C@H](COC(=O)CCCCCCCCCCCCC)[C@@H](O)OP(=O)(O)OCCN. The summed E-state index contributed by atoms with van der Waals surface area (Å²) in [4.78, 5) is 34.7. The van der Waals surface area contributed by atoms with Gasteiger partial charge in [0.05, 0.1) is 6.61 Å². The zero-order chi connectivity index (χ0) is 35.6. The predicted octanol–water partition coefficient (Wildman–Crippen LogP) is 9.81. The number of nitrogens with two attached hydrogens (primary N) is 1. The van der Waals surface area contributed by atoms with E-state index in [1.54, 1.807) is 0 Å². The van der Waals surface area contributed by atoms with E-state index >= 15 is 0 Å². The van der Waals surface area contributed by atoms with E-state index in [2.05, 4.69) is 18.4 Å². The summed E-state index contributed by atoms with van der Waals surface area (Å²) in [6.07, 6.45) is 27.8. The van der Waals surface area contributed by atoms with Crippen LogP contribution in [0.5, 0.6) is 0 Å². The van der Waals surface area contributed by atoms with E-state index in [-0.39, 0.29) is 26.0 Å². The Hall–Kier alpha value is -1.03. The zero-order valence-corrected chi connectivity index (χ0v) is 31.7. The largest absolute Gasteiger partial charge is 0.474 e. The molecule has 0 amide bonds. The lowest BCUT2D eigenvalue weighted by Gasteiger charge is -2.24. The molecule has 10 nitrogen and oxygen atoms in total. The van der Waals surface area contributed by atoms with Crippen molar-refractivity contribution in [1.82, 2.24) is 0 Å². The lowest BCUT2D eigenvalue weighted by molar-refractivity contribution is -0.185. The summed E-state index contributed by atoms with van der Waals surface area (Å²) < 4.78 is 32.1. The van der Waals surface area contributed by atoms with Gasteiger partial charge in [0.2, 0.25) is 6.29 Å². The number of rotatable bonds is 37. The molecule has 48 heavy (non-hydrogen) atoms. The van der Waals surface area contributed by atoms with Gasteiger partial charge in [-0.2, -0.15) is 0 Å². The predicted molar refractivity (Wildman–Crippen MR) is 193 cm³/mol. The Morgan fingerprint density at radius 1 is 0.604 bits per heavy atom. The van der Waals surface area contributed by atoms with Crippen LogP contribution in [0, 0.1) is 0 Å². The minimum atomic E-state index is -4.67. The van der Waals surface area contributed by atoms with Gasteiger partial charge in [0, 0.05) is 19.4 Å². The van der Waals surface area contributed by atoms with Crippen LogP contribution in [0.3, 0.4) is 0 Å². The van der Waals surface area contributed by atoms with E-state index < -0.39 is 38.8 Å². The maximum Gasteiger partial charge on any atom is 0.474 e. The van der Waals surface area contributed by atoms with Crippen LogP contribution in [0.2, 0.25) is 0 Å². The van der Waals surface area contributed by atoms with Gasteiger partial charge in [-0.1, -0.05) is 168 Å². The second-order valence-corrected chi connectivity index (χ2v) is 14.7. The van der Waals surface area contributed by atoms with Gasteiger partial charge in [-0.3, -0.25) is 18.6 Å². The molecule has 0 spiro atoms. The van der Waals surface area contributed by atoms with Crippen LogP contribution in [0.1, 0.15) is 194 Å². The second kappa shape index (κ2) is 34.4. The minimum Gasteiger partial charge on any atom is -0.462 e. The van der Waals surface area contributed by atoms with Crippen molar-refractivity contribution < 1.29 is 42.7 Å². The van der Waals surface area contributed by atoms with Gasteiger partial charge in [-0.25, -0.2) is 4.57 Å². The molecule has 0 saturated heterocycles. The fourth-order valence-electron chi connectivity index (χ4n) is 5.63. The highest BCUT2D eigenvalue weighted by Crippen LogP contribution is 2.44. The number of carbonyl (C=O) groups excluding carboxylic acids is 2. The Morgan fingerprint density at radius 3 is 1.33 bits per heavy atom. The monoisotopic (exact) mass is 708 g/mol. The molecule has 4 N–H and O–H groups in total. The van der Waals surface area contributed by atoms with E-state index in [0.717, 1.165) is 38.5 Å². The molecule has 0 heterocycles. The first-order valence-corrected chi connectivity index (χ1v) is 21.1. The standard InChI is InChI=1S/C37H74NO9P/c1-3-5-7-9-11-13-15-16-17-18-20-22-24-26-28-30-36(40)46-34(37(41)47-48(42,43)45-32-31-38)33-44-35(39)29-27-25-23-21-19-14-12-10-8-6-4-2/h34,37,41H,3-33,38H2,1-2H3,(H,42,43)/t34-,37+/m1/s1. The minimum absolute atomic E-state index is 0.0294. The highest BCUT2D eigenvalue weighted by Gasteiger charge is 2.33. The molecule has 3 atom stereocenters. The number of phosphoric acid groups is 1. The molecule has 0 rings (SSSR count). The maximum atomic E-state index is 12.6. The van der Waals surface area contributed by atoms with E-state index in [4.69, 9.17) is 19.7 Å². The number of aliphatic hydroxyl groups is 1. The Bertz CT molecular complexity index is 786. The summed E-state index contributed by atoms with van der Waals surface area (Å²) in [5.74, 6) is -1.09. The number of esters is 2. The van der Waals surface area contributed by atoms with Gasteiger partial charge >= 0.3 is 19.8 Å². The molecular weight excluding hydrogens is 633 g/mol. The molecule has 0 radical (unpaired) electrons. The number of unbranched alkanes of at least 4 members (excludes halogenated alkanes) is 24. The van der Waals surface area contributed by atoms with Gasteiger partial charge in [0.15, 0.2) is 6.10 Å². The third kappa shape index (κ3) is 32.2. The summed E-state index contributed by atoms with van der Waals surface area (Å²) in [5.41, 5.74) is 5.30. The van der Waals surface area contributed by atoms with Crippen molar-refractivity contribution in [3.05, 3.63) is 0 Å². The van der Waals surface area contributed by atoms with Gasteiger partial charge in [-0.15, -0.1) is 0 Å². The van der Waals surface area contributed by atoms with E-state index in [1.807, 2.05) is 0 Å². The van der Waals surface area contributed by atoms with Crippen molar-refractivity contribution in [2.75, 3.05) is 19.8 Å². The van der Waals surface area contributed by atoms with Crippen LogP contribution in [-0.4, -0.2) is 54.1 Å². The number of hydrogen-bond acceptors (Lipinski definition) is 9. The van der Waals surface area contributed by atoms with Crippen LogP contribution < -0.4 is 5.73 Å². The van der Waals surface area contributed by atoms with Crippen LogP contribution >= 0.6 is 7.82 Å². The topological polar surface area (TPSA) is 155 Å². The van der Waals surface area contributed by atoms with Gasteiger partial charge in [0.1, 0.15) is 6.61 Å². The van der Waals surface area contributed by atoms with Crippen LogP contribution in [0.15, 0.2) is 0 Å². The number of carbonyl (C=O) groups is 2.